The van der Waals surface area contributed by atoms with E-state index in [-0.39, 0.29) is 11.7 Å². The molecule has 88 valence electrons. The third kappa shape index (κ3) is 2.79. The van der Waals surface area contributed by atoms with Crippen LogP contribution >= 0.6 is 12.8 Å². The highest BCUT2D eigenvalue weighted by Gasteiger charge is 2.17. The van der Waals surface area contributed by atoms with Crippen molar-refractivity contribution in [2.24, 2.45) is 0 Å². The Hall–Kier alpha value is -1.43. The lowest BCUT2D eigenvalue weighted by atomic mass is 10.3. The minimum absolute atomic E-state index is 0.00137. The SMILES string of the molecule is CC(C)NC(=O)N(S)c1cccc(F)c1O. The molecule has 0 bridgehead atoms. The molecule has 16 heavy (non-hydrogen) atoms. The molecule has 0 saturated heterocycles. The molecule has 0 aliphatic heterocycles. The number of hydrogen-bond acceptors (Lipinski definition) is 3. The summed E-state index contributed by atoms with van der Waals surface area (Å²) < 4.78 is 13.9. The molecule has 0 radical (unpaired) electrons. The number of carbonyl (C=O) groups excluding carboxylic acids is 1. The molecule has 0 heterocycles. The summed E-state index contributed by atoms with van der Waals surface area (Å²) in [5, 5.41) is 12.0. The second kappa shape index (κ2) is 5.07. The van der Waals surface area contributed by atoms with Crippen molar-refractivity contribution in [1.29, 1.82) is 0 Å². The number of benzene rings is 1. The monoisotopic (exact) mass is 244 g/mol. The van der Waals surface area contributed by atoms with Gasteiger partial charge in [-0.25, -0.2) is 13.5 Å². The number of phenols is 1. The molecule has 1 rings (SSSR count). The minimum atomic E-state index is -0.797. The number of rotatable bonds is 2. The van der Waals surface area contributed by atoms with Crippen LogP contribution in [-0.4, -0.2) is 17.2 Å². The van der Waals surface area contributed by atoms with Crippen LogP contribution in [0.4, 0.5) is 14.9 Å². The van der Waals surface area contributed by atoms with Gasteiger partial charge in [-0.1, -0.05) is 18.9 Å². The van der Waals surface area contributed by atoms with Crippen LogP contribution in [-0.2, 0) is 0 Å². The summed E-state index contributed by atoms with van der Waals surface area (Å²) in [7, 11) is 0. The Kier molecular flexibility index (Phi) is 4.00. The first-order valence-electron chi connectivity index (χ1n) is 4.70. The molecule has 2 amide bonds. The summed E-state index contributed by atoms with van der Waals surface area (Å²) in [6.45, 7) is 3.57. The molecule has 0 atom stereocenters. The zero-order valence-corrected chi connectivity index (χ0v) is 9.83. The van der Waals surface area contributed by atoms with Gasteiger partial charge < -0.3 is 10.4 Å². The molecule has 2 N–H and O–H groups in total. The number of aromatic hydroxyl groups is 1. The largest absolute Gasteiger partial charge is 0.503 e. The number of phenolic OH excluding ortho intramolecular Hbond substituents is 1. The summed E-state index contributed by atoms with van der Waals surface area (Å²) >= 11 is 3.90. The summed E-state index contributed by atoms with van der Waals surface area (Å²) in [5.74, 6) is -1.40. The van der Waals surface area contributed by atoms with E-state index in [1.807, 2.05) is 0 Å². The normalized spacial score (nSPS) is 10.3. The number of amides is 2. The van der Waals surface area contributed by atoms with Gasteiger partial charge in [-0.05, 0) is 26.0 Å². The number of carbonyl (C=O) groups is 1. The summed E-state index contributed by atoms with van der Waals surface area (Å²) in [6.07, 6.45) is 0. The topological polar surface area (TPSA) is 52.6 Å². The van der Waals surface area contributed by atoms with E-state index in [4.69, 9.17) is 0 Å². The third-order valence-corrected chi connectivity index (χ3v) is 2.20. The smallest absolute Gasteiger partial charge is 0.332 e. The molecule has 1 aromatic rings. The molecule has 0 fully saturated rings. The van der Waals surface area contributed by atoms with E-state index in [0.29, 0.717) is 0 Å². The Balaban J connectivity index is 2.92. The lowest BCUT2D eigenvalue weighted by molar-refractivity contribution is 0.247. The summed E-state index contributed by atoms with van der Waals surface area (Å²) in [5.41, 5.74) is 0.00137. The van der Waals surface area contributed by atoms with Crippen molar-refractivity contribution in [2.75, 3.05) is 4.31 Å². The van der Waals surface area contributed by atoms with Crippen molar-refractivity contribution in [3.63, 3.8) is 0 Å². The van der Waals surface area contributed by atoms with Gasteiger partial charge in [-0.2, -0.15) is 0 Å². The van der Waals surface area contributed by atoms with Crippen LogP contribution in [0.2, 0.25) is 0 Å². The number of hydrogen-bond donors (Lipinski definition) is 3. The van der Waals surface area contributed by atoms with Gasteiger partial charge >= 0.3 is 6.03 Å². The van der Waals surface area contributed by atoms with Gasteiger partial charge in [0, 0.05) is 6.04 Å². The van der Waals surface area contributed by atoms with Crippen LogP contribution in [0.1, 0.15) is 13.8 Å². The van der Waals surface area contributed by atoms with Crippen molar-refractivity contribution in [3.05, 3.63) is 24.0 Å². The van der Waals surface area contributed by atoms with Crippen molar-refractivity contribution in [3.8, 4) is 5.75 Å². The van der Waals surface area contributed by atoms with Crippen LogP contribution in [0.25, 0.3) is 0 Å². The van der Waals surface area contributed by atoms with Gasteiger partial charge in [0.2, 0.25) is 0 Å². The second-order valence-electron chi connectivity index (χ2n) is 3.52. The minimum Gasteiger partial charge on any atom is -0.503 e. The van der Waals surface area contributed by atoms with E-state index in [1.54, 1.807) is 13.8 Å². The molecule has 0 saturated carbocycles. The molecule has 0 spiro atoms. The Morgan fingerprint density at radius 1 is 1.56 bits per heavy atom. The molecular formula is C10H13FN2O2S. The molecule has 1 aromatic carbocycles. The number of anilines is 1. The second-order valence-corrected chi connectivity index (χ2v) is 3.92. The fourth-order valence-corrected chi connectivity index (χ4v) is 1.31. The third-order valence-electron chi connectivity index (χ3n) is 1.80. The first-order chi connectivity index (χ1) is 7.43. The van der Waals surface area contributed by atoms with Gasteiger partial charge in [0.1, 0.15) is 5.69 Å². The number of urea groups is 1. The van der Waals surface area contributed by atoms with E-state index in [1.165, 1.54) is 12.1 Å². The maximum absolute atomic E-state index is 13.0. The zero-order valence-electron chi connectivity index (χ0n) is 8.94. The number of para-hydroxylation sites is 1. The number of nitrogens with one attached hydrogen (secondary N) is 1. The highest BCUT2D eigenvalue weighted by Crippen LogP contribution is 2.30. The van der Waals surface area contributed by atoms with Crippen molar-refractivity contribution in [2.45, 2.75) is 19.9 Å². The average Bonchev–Trinajstić information content (AvgIpc) is 2.20. The molecule has 0 aliphatic carbocycles. The first kappa shape index (κ1) is 12.6. The highest BCUT2D eigenvalue weighted by atomic mass is 32.1. The van der Waals surface area contributed by atoms with Crippen LogP contribution in [0.3, 0.4) is 0 Å². The summed E-state index contributed by atoms with van der Waals surface area (Å²) in [6, 6.07) is 3.28. The quantitative estimate of drug-likeness (QED) is 0.699. The predicted octanol–water partition coefficient (Wildman–Crippen LogP) is 2.30. The molecular weight excluding hydrogens is 231 g/mol. The summed E-state index contributed by atoms with van der Waals surface area (Å²) in [4.78, 5) is 11.5. The molecule has 4 nitrogen and oxygen atoms in total. The van der Waals surface area contributed by atoms with Crippen LogP contribution < -0.4 is 9.62 Å². The van der Waals surface area contributed by atoms with Crippen molar-refractivity contribution >= 4 is 24.5 Å². The van der Waals surface area contributed by atoms with Crippen LogP contribution in [0.15, 0.2) is 18.2 Å². The number of halogens is 1. The van der Waals surface area contributed by atoms with Gasteiger partial charge in [-0.3, -0.25) is 0 Å². The maximum atomic E-state index is 13.0. The predicted molar refractivity (Wildman–Crippen MR) is 63.2 cm³/mol. The van der Waals surface area contributed by atoms with E-state index < -0.39 is 17.6 Å². The van der Waals surface area contributed by atoms with Gasteiger partial charge in [-0.15, -0.1) is 0 Å². The lowest BCUT2D eigenvalue weighted by Crippen LogP contribution is -2.38. The lowest BCUT2D eigenvalue weighted by Gasteiger charge is -2.19. The van der Waals surface area contributed by atoms with E-state index >= 15 is 0 Å². The average molecular weight is 244 g/mol. The van der Waals surface area contributed by atoms with E-state index in [9.17, 15) is 14.3 Å². The van der Waals surface area contributed by atoms with Gasteiger partial charge in [0.15, 0.2) is 11.6 Å². The van der Waals surface area contributed by atoms with Crippen molar-refractivity contribution < 1.29 is 14.3 Å². The standard InChI is InChI=1S/C10H13FN2O2S/c1-6(2)12-10(15)13(16)8-5-3-4-7(11)9(8)14/h3-6,14,16H,1-2H3,(H,12,15). The van der Waals surface area contributed by atoms with E-state index in [2.05, 4.69) is 18.1 Å². The number of thiol groups is 1. The van der Waals surface area contributed by atoms with E-state index in [0.717, 1.165) is 10.4 Å². The van der Waals surface area contributed by atoms with Gasteiger partial charge in [0.05, 0.1) is 0 Å². The molecule has 0 aromatic heterocycles. The molecule has 6 heteroatoms. The Morgan fingerprint density at radius 3 is 2.75 bits per heavy atom. The highest BCUT2D eigenvalue weighted by molar-refractivity contribution is 7.82. The zero-order chi connectivity index (χ0) is 12.3. The maximum Gasteiger partial charge on any atom is 0.332 e. The van der Waals surface area contributed by atoms with Crippen LogP contribution in [0.5, 0.6) is 5.75 Å². The number of nitrogens with zero attached hydrogens (tertiary/aromatic N) is 1. The Labute approximate surface area is 98.6 Å². The van der Waals surface area contributed by atoms with Crippen molar-refractivity contribution in [1.82, 2.24) is 5.32 Å². The molecule has 0 aliphatic rings. The first-order valence-corrected chi connectivity index (χ1v) is 5.10. The fourth-order valence-electron chi connectivity index (χ4n) is 1.09. The molecule has 0 unspecified atom stereocenters. The Bertz CT molecular complexity index is 398. The van der Waals surface area contributed by atoms with Crippen LogP contribution in [0, 0.1) is 5.82 Å². The van der Waals surface area contributed by atoms with Gasteiger partial charge in [0.25, 0.3) is 0 Å². The fraction of sp³-hybridized carbons (Fsp3) is 0.300. The Morgan fingerprint density at radius 2 is 2.19 bits per heavy atom.